The SMILES string of the molecule is CC(C)(C)c1ccc2c(c1)c1c3oc4ccccc4c3ccc1n2-c1cc(C#N)c(C#N)cc1-n1c2ccccc2c2ccccc21.N#Cc1cc(-n2c3ccccc3c3cc4c(cc32)c2ccccc2n4-c2ccccc2)cc(-n2c3ccccc3c3ccccc32)c1C#N.N#Cc1cc(-n2c3ccccc3c3ccccc32)c(-n2c3ccc(-c4ccccc4)cc3c3c4oc5ccccc5c4ccc32)cc1C#N. The molecule has 0 saturated carbocycles. The third-order valence-corrected chi connectivity index (χ3v) is 29.2. The summed E-state index contributed by atoms with van der Waals surface area (Å²) < 4.78 is 28.9. The topological polar surface area (TPSA) is 204 Å². The van der Waals surface area contributed by atoms with Gasteiger partial charge in [0.15, 0.2) is 0 Å². The lowest BCUT2D eigenvalue weighted by molar-refractivity contribution is 0.591. The van der Waals surface area contributed by atoms with E-state index < -0.39 is 0 Å². The molecule has 15 heteroatoms. The van der Waals surface area contributed by atoms with Crippen molar-refractivity contribution in [2.24, 2.45) is 0 Å². The normalized spacial score (nSPS) is 11.8. The highest BCUT2D eigenvalue weighted by Gasteiger charge is 2.31. The lowest BCUT2D eigenvalue weighted by Gasteiger charge is -2.20. The zero-order valence-corrected chi connectivity index (χ0v) is 78.4. The number of hydrogen-bond acceptors (Lipinski definition) is 8. The molecule has 0 N–H and O–H groups in total. The van der Waals surface area contributed by atoms with E-state index >= 15 is 0 Å². The first-order chi connectivity index (χ1) is 71.3. The van der Waals surface area contributed by atoms with Crippen LogP contribution >= 0.6 is 0 Å². The Labute approximate surface area is 828 Å². The standard InChI is InChI=1S/C44H25N5.C44H24N4O.C42H28N4O/c45-26-28-22-30(23-42(37(28)27-46)49-40-20-10-4-14-31(40)32-15-5-11-21-41(32)49)48-39-19-9-7-17-34(39)36-24-43-35(25-44(36)48)33-16-6-8-18-38(33)47(43)29-12-2-1-3-13-29;45-25-29-23-40(47-36-15-7-4-12-31(36)32-13-5-8-16-37(32)47)41(24-30(29)26-46)48-38-20-18-28(27-10-2-1-3-11-27)22-35(38)43-39(48)21-19-34-33-14-6-9-17-42(33)49-44(34)43;1-42(2,3)27-16-18-35-32(22-27)40-36(19-17-31-30-12-6-9-15-39(30)47-41(31)40)46(35)38-21-26(24-44)25(23-43)20-37(38)45-33-13-7-4-10-28(33)29-11-5-8-14-34(29)45/h1-25H;1-24H;4-22H,1-3H3. The Morgan fingerprint density at radius 1 is 0.193 bits per heavy atom. The summed E-state index contributed by atoms with van der Waals surface area (Å²) in [7, 11) is 0. The fourth-order valence-electron chi connectivity index (χ4n) is 22.8. The summed E-state index contributed by atoms with van der Waals surface area (Å²) in [5, 5.41) is 81.7. The van der Waals surface area contributed by atoms with E-state index in [0.717, 1.165) is 236 Å². The molecule has 20 aromatic carbocycles. The van der Waals surface area contributed by atoms with Crippen LogP contribution < -0.4 is 0 Å². The molecule has 15 nitrogen and oxygen atoms in total. The molecule has 0 aliphatic heterocycles. The Morgan fingerprint density at radius 3 is 0.876 bits per heavy atom. The van der Waals surface area contributed by atoms with E-state index in [-0.39, 0.29) is 5.41 Å². The Kier molecular flexibility index (Phi) is 18.9. The molecule has 674 valence electrons. The second-order valence-electron chi connectivity index (χ2n) is 38.0. The molecule has 0 spiro atoms. The van der Waals surface area contributed by atoms with Crippen LogP contribution in [0.3, 0.4) is 0 Å². The molecular weight excluding hydrogens is 1780 g/mol. The second kappa shape index (κ2) is 32.6. The maximum absolute atomic E-state index is 10.5. The molecule has 0 radical (unpaired) electrons. The van der Waals surface area contributed by atoms with Gasteiger partial charge in [-0.15, -0.1) is 0 Å². The zero-order chi connectivity index (χ0) is 97.3. The fraction of sp³-hybridized carbons (Fsp3) is 0.0308. The van der Waals surface area contributed by atoms with Gasteiger partial charge in [-0.3, -0.25) is 0 Å². The van der Waals surface area contributed by atoms with Crippen LogP contribution in [0.4, 0.5) is 0 Å². The predicted molar refractivity (Wildman–Crippen MR) is 587 cm³/mol. The van der Waals surface area contributed by atoms with Crippen LogP contribution in [0.25, 0.3) is 247 Å². The number of aromatic nitrogens is 7. The highest BCUT2D eigenvalue weighted by molar-refractivity contribution is 6.27. The van der Waals surface area contributed by atoms with Gasteiger partial charge in [-0.05, 0) is 192 Å². The van der Waals surface area contributed by atoms with Crippen LogP contribution in [0.5, 0.6) is 0 Å². The molecule has 9 heterocycles. The lowest BCUT2D eigenvalue weighted by atomic mass is 9.86. The van der Waals surface area contributed by atoms with Gasteiger partial charge < -0.3 is 40.8 Å². The van der Waals surface area contributed by atoms with Crippen molar-refractivity contribution < 1.29 is 8.83 Å². The third kappa shape index (κ3) is 12.7. The number of hydrogen-bond donors (Lipinski definition) is 0. The fourth-order valence-corrected chi connectivity index (χ4v) is 22.8. The van der Waals surface area contributed by atoms with Gasteiger partial charge >= 0.3 is 0 Å². The average molecular weight is 1850 g/mol. The van der Waals surface area contributed by atoms with Crippen molar-refractivity contribution in [2.75, 3.05) is 0 Å². The number of rotatable bonds is 8. The summed E-state index contributed by atoms with van der Waals surface area (Å²) in [6.07, 6.45) is 0. The quantitative estimate of drug-likeness (QED) is 0.143. The molecule has 0 bridgehead atoms. The van der Waals surface area contributed by atoms with E-state index in [4.69, 9.17) is 8.83 Å². The molecular formula is C130H77N13O2. The van der Waals surface area contributed by atoms with Crippen LogP contribution in [0.15, 0.2) is 421 Å². The smallest absolute Gasteiger partial charge is 0.145 e. The first-order valence-electron chi connectivity index (χ1n) is 48.1. The zero-order valence-electron chi connectivity index (χ0n) is 78.4. The molecule has 29 aromatic rings. The van der Waals surface area contributed by atoms with E-state index in [0.29, 0.717) is 39.1 Å². The van der Waals surface area contributed by atoms with Gasteiger partial charge in [0, 0.05) is 97.6 Å². The summed E-state index contributed by atoms with van der Waals surface area (Å²) in [5.41, 5.74) is 28.9. The maximum Gasteiger partial charge on any atom is 0.145 e. The van der Waals surface area contributed by atoms with Crippen molar-refractivity contribution in [3.05, 3.63) is 451 Å². The molecule has 29 rings (SSSR count). The largest absolute Gasteiger partial charge is 0.455 e. The molecule has 0 amide bonds. The summed E-state index contributed by atoms with van der Waals surface area (Å²) in [6.45, 7) is 6.68. The first-order valence-corrected chi connectivity index (χ1v) is 48.1. The van der Waals surface area contributed by atoms with E-state index in [9.17, 15) is 31.6 Å². The van der Waals surface area contributed by atoms with Crippen LogP contribution in [-0.4, -0.2) is 32.0 Å². The van der Waals surface area contributed by atoms with Crippen LogP contribution in [-0.2, 0) is 5.41 Å². The van der Waals surface area contributed by atoms with Crippen molar-refractivity contribution in [1.29, 1.82) is 31.6 Å². The molecule has 0 saturated heterocycles. The van der Waals surface area contributed by atoms with Gasteiger partial charge in [-0.25, -0.2) is 0 Å². The van der Waals surface area contributed by atoms with E-state index in [1.807, 2.05) is 127 Å². The van der Waals surface area contributed by atoms with Crippen LogP contribution in [0.1, 0.15) is 59.7 Å². The monoisotopic (exact) mass is 1850 g/mol. The number of nitrogens with zero attached hydrogens (tertiary/aromatic N) is 13. The van der Waals surface area contributed by atoms with Gasteiger partial charge in [0.05, 0.1) is 150 Å². The molecule has 9 aromatic heterocycles. The molecule has 0 aliphatic rings. The molecule has 0 aliphatic carbocycles. The van der Waals surface area contributed by atoms with E-state index in [2.05, 4.69) is 374 Å². The van der Waals surface area contributed by atoms with Crippen molar-refractivity contribution in [3.63, 3.8) is 0 Å². The van der Waals surface area contributed by atoms with Crippen LogP contribution in [0.2, 0.25) is 0 Å². The third-order valence-electron chi connectivity index (χ3n) is 29.2. The minimum absolute atomic E-state index is 0.0685. The highest BCUT2D eigenvalue weighted by atomic mass is 16.3. The van der Waals surface area contributed by atoms with Gasteiger partial charge in [0.1, 0.15) is 58.7 Å². The van der Waals surface area contributed by atoms with Crippen molar-refractivity contribution in [1.82, 2.24) is 32.0 Å². The van der Waals surface area contributed by atoms with Gasteiger partial charge in [-0.1, -0.05) is 263 Å². The van der Waals surface area contributed by atoms with Crippen molar-refractivity contribution in [2.45, 2.75) is 26.2 Å². The highest BCUT2D eigenvalue weighted by Crippen LogP contribution is 2.50. The summed E-state index contributed by atoms with van der Waals surface area (Å²) >= 11 is 0. The Hall–Kier alpha value is -20.5. The number of para-hydroxylation sites is 11. The maximum atomic E-state index is 10.5. The lowest BCUT2D eigenvalue weighted by Crippen LogP contribution is -2.10. The van der Waals surface area contributed by atoms with Gasteiger partial charge in [0.25, 0.3) is 0 Å². The second-order valence-corrected chi connectivity index (χ2v) is 38.0. The molecule has 0 unspecified atom stereocenters. The summed E-state index contributed by atoms with van der Waals surface area (Å²) in [5.74, 6) is 0. The van der Waals surface area contributed by atoms with Crippen LogP contribution in [0, 0.1) is 68.0 Å². The summed E-state index contributed by atoms with van der Waals surface area (Å²) in [4.78, 5) is 0. The van der Waals surface area contributed by atoms with Crippen molar-refractivity contribution >= 4 is 197 Å². The number of nitriles is 6. The minimum Gasteiger partial charge on any atom is -0.455 e. The minimum atomic E-state index is -0.0685. The number of benzene rings is 20. The summed E-state index contributed by atoms with van der Waals surface area (Å²) in [6, 6.07) is 156. The number of fused-ring (bicyclic) bond motifs is 29. The Balaban J connectivity index is 0.000000108. The number of furan rings is 2. The first kappa shape index (κ1) is 83.9. The van der Waals surface area contributed by atoms with Crippen molar-refractivity contribution in [3.8, 4) is 87.4 Å². The molecule has 0 atom stereocenters. The predicted octanol–water partition coefficient (Wildman–Crippen LogP) is 32.7. The van der Waals surface area contributed by atoms with Gasteiger partial charge in [-0.2, -0.15) is 31.6 Å². The Morgan fingerprint density at radius 2 is 0.497 bits per heavy atom. The molecule has 0 fully saturated rings. The molecule has 145 heavy (non-hydrogen) atoms. The average Bonchev–Trinajstić information content (AvgIpc) is 1.53. The van der Waals surface area contributed by atoms with E-state index in [1.165, 1.54) is 10.9 Å². The Bertz CT molecular complexity index is 10800. The van der Waals surface area contributed by atoms with E-state index in [1.54, 1.807) is 0 Å². The van der Waals surface area contributed by atoms with Gasteiger partial charge in [0.2, 0.25) is 0 Å².